The van der Waals surface area contributed by atoms with Gasteiger partial charge in [0.25, 0.3) is 5.91 Å². The molecule has 0 N–H and O–H groups in total. The molecule has 0 aliphatic heterocycles. The highest BCUT2D eigenvalue weighted by Gasteiger charge is 2.30. The highest BCUT2D eigenvalue weighted by Crippen LogP contribution is 2.31. The van der Waals surface area contributed by atoms with Crippen molar-refractivity contribution in [1.82, 2.24) is 9.80 Å². The van der Waals surface area contributed by atoms with Gasteiger partial charge in [0.15, 0.2) is 0 Å². The Hall–Kier alpha value is -3.64. The van der Waals surface area contributed by atoms with Gasteiger partial charge in [0.1, 0.15) is 0 Å². The minimum atomic E-state index is -4.36. The van der Waals surface area contributed by atoms with E-state index in [2.05, 4.69) is 29.2 Å². The first-order valence-corrected chi connectivity index (χ1v) is 11.3. The van der Waals surface area contributed by atoms with Gasteiger partial charge in [0, 0.05) is 25.7 Å². The van der Waals surface area contributed by atoms with Crippen LogP contribution in [-0.2, 0) is 19.3 Å². The van der Waals surface area contributed by atoms with Crippen LogP contribution in [0, 0.1) is 0 Å². The van der Waals surface area contributed by atoms with Gasteiger partial charge in [0.05, 0.1) is 5.56 Å². The molecule has 35 heavy (non-hydrogen) atoms. The summed E-state index contributed by atoms with van der Waals surface area (Å²) >= 11 is 0. The van der Waals surface area contributed by atoms with E-state index in [0.29, 0.717) is 17.7 Å². The fraction of sp³-hybridized carbons (Fsp3) is 0.207. The van der Waals surface area contributed by atoms with Crippen molar-refractivity contribution >= 4 is 16.7 Å². The van der Waals surface area contributed by atoms with Gasteiger partial charge in [-0.05, 0) is 77.5 Å². The predicted octanol–water partition coefficient (Wildman–Crippen LogP) is 6.86. The molecule has 0 fully saturated rings. The van der Waals surface area contributed by atoms with Crippen LogP contribution in [0.25, 0.3) is 21.9 Å². The Morgan fingerprint density at radius 3 is 2.00 bits per heavy atom. The van der Waals surface area contributed by atoms with Gasteiger partial charge in [0.2, 0.25) is 0 Å². The largest absolute Gasteiger partial charge is 0.416 e. The van der Waals surface area contributed by atoms with E-state index in [9.17, 15) is 18.0 Å². The molecule has 0 aromatic heterocycles. The van der Waals surface area contributed by atoms with Gasteiger partial charge >= 0.3 is 6.18 Å². The molecule has 0 aliphatic rings. The monoisotopic (exact) mass is 476 g/mol. The number of nitrogens with zero attached hydrogens (tertiary/aromatic N) is 2. The van der Waals surface area contributed by atoms with E-state index in [4.69, 9.17) is 0 Å². The Balaban J connectivity index is 1.48. The van der Waals surface area contributed by atoms with E-state index in [1.54, 1.807) is 36.2 Å². The average molecular weight is 477 g/mol. The SMILES string of the molecule is CN(C)Cc1ccc2c(CN(C)C(=O)c3ccc(-c4ccc(C(F)(F)F)cc4)cc3)cccc2c1. The van der Waals surface area contributed by atoms with Gasteiger partial charge in [-0.1, -0.05) is 54.6 Å². The Kier molecular flexibility index (Phi) is 6.94. The third kappa shape index (κ3) is 5.72. The molecule has 0 unspecified atom stereocenters. The number of halogens is 3. The highest BCUT2D eigenvalue weighted by molar-refractivity contribution is 5.95. The lowest BCUT2D eigenvalue weighted by molar-refractivity contribution is -0.137. The third-order valence-electron chi connectivity index (χ3n) is 5.97. The van der Waals surface area contributed by atoms with Crippen LogP contribution >= 0.6 is 0 Å². The first kappa shape index (κ1) is 24.5. The van der Waals surface area contributed by atoms with E-state index in [0.717, 1.165) is 40.6 Å². The fourth-order valence-corrected chi connectivity index (χ4v) is 4.21. The standard InChI is InChI=1S/C29H27F3N2O/c1-33(2)18-20-7-16-27-24(17-20)5-4-6-25(27)19-34(3)28(35)23-10-8-21(9-11-23)22-12-14-26(15-13-22)29(30,31)32/h4-17H,18-19H2,1-3H3. The smallest absolute Gasteiger partial charge is 0.337 e. The minimum Gasteiger partial charge on any atom is -0.337 e. The lowest BCUT2D eigenvalue weighted by Gasteiger charge is -2.19. The first-order valence-electron chi connectivity index (χ1n) is 11.3. The number of hydrogen-bond acceptors (Lipinski definition) is 2. The molecular weight excluding hydrogens is 449 g/mol. The summed E-state index contributed by atoms with van der Waals surface area (Å²) in [7, 11) is 5.85. The first-order chi connectivity index (χ1) is 16.6. The van der Waals surface area contributed by atoms with E-state index < -0.39 is 11.7 Å². The number of fused-ring (bicyclic) bond motifs is 1. The maximum atomic E-state index is 13.1. The topological polar surface area (TPSA) is 23.6 Å². The Bertz CT molecular complexity index is 1330. The number of hydrogen-bond donors (Lipinski definition) is 0. The summed E-state index contributed by atoms with van der Waals surface area (Å²) in [6, 6.07) is 24.5. The third-order valence-corrected chi connectivity index (χ3v) is 5.97. The molecule has 0 saturated heterocycles. The highest BCUT2D eigenvalue weighted by atomic mass is 19.4. The summed E-state index contributed by atoms with van der Waals surface area (Å²) in [6.45, 7) is 1.32. The number of rotatable bonds is 6. The van der Waals surface area contributed by atoms with Crippen molar-refractivity contribution < 1.29 is 18.0 Å². The molecule has 180 valence electrons. The normalized spacial score (nSPS) is 11.7. The zero-order chi connectivity index (χ0) is 25.2. The lowest BCUT2D eigenvalue weighted by Crippen LogP contribution is -2.26. The average Bonchev–Trinajstić information content (AvgIpc) is 2.83. The van der Waals surface area contributed by atoms with Crippen LogP contribution in [0.4, 0.5) is 13.2 Å². The number of amides is 1. The second-order valence-corrected chi connectivity index (χ2v) is 9.02. The molecule has 3 nitrogen and oxygen atoms in total. The summed E-state index contributed by atoms with van der Waals surface area (Å²) in [4.78, 5) is 16.9. The van der Waals surface area contributed by atoms with Gasteiger partial charge < -0.3 is 9.80 Å². The molecule has 0 spiro atoms. The summed E-state index contributed by atoms with van der Waals surface area (Å²) in [6.07, 6.45) is -4.36. The van der Waals surface area contributed by atoms with Gasteiger partial charge in [-0.15, -0.1) is 0 Å². The van der Waals surface area contributed by atoms with E-state index >= 15 is 0 Å². The molecule has 4 aromatic carbocycles. The molecule has 0 bridgehead atoms. The molecule has 0 atom stereocenters. The van der Waals surface area contributed by atoms with E-state index in [-0.39, 0.29) is 5.91 Å². The zero-order valence-electron chi connectivity index (χ0n) is 19.9. The number of benzene rings is 4. The van der Waals surface area contributed by atoms with Crippen molar-refractivity contribution in [3.8, 4) is 11.1 Å². The molecular formula is C29H27F3N2O. The fourth-order valence-electron chi connectivity index (χ4n) is 4.21. The van der Waals surface area contributed by atoms with Gasteiger partial charge in [-0.3, -0.25) is 4.79 Å². The van der Waals surface area contributed by atoms with Crippen molar-refractivity contribution in [3.63, 3.8) is 0 Å². The van der Waals surface area contributed by atoms with Crippen molar-refractivity contribution in [1.29, 1.82) is 0 Å². The quantitative estimate of drug-likeness (QED) is 0.304. The van der Waals surface area contributed by atoms with E-state index in [1.165, 1.54) is 17.7 Å². The molecule has 6 heteroatoms. The van der Waals surface area contributed by atoms with Crippen molar-refractivity contribution in [2.45, 2.75) is 19.3 Å². The number of alkyl halides is 3. The second-order valence-electron chi connectivity index (χ2n) is 9.02. The van der Waals surface area contributed by atoms with Crippen LogP contribution in [0.1, 0.15) is 27.0 Å². The second kappa shape index (κ2) is 9.92. The Labute approximate surface area is 203 Å². The number of carbonyl (C=O) groups is 1. The van der Waals surface area contributed by atoms with Crippen LogP contribution < -0.4 is 0 Å². The molecule has 0 radical (unpaired) electrons. The van der Waals surface area contributed by atoms with E-state index in [1.807, 2.05) is 26.2 Å². The zero-order valence-corrected chi connectivity index (χ0v) is 19.9. The molecule has 0 aliphatic carbocycles. The maximum Gasteiger partial charge on any atom is 0.416 e. The van der Waals surface area contributed by atoms with Crippen LogP contribution in [0.3, 0.4) is 0 Å². The molecule has 4 aromatic rings. The minimum absolute atomic E-state index is 0.120. The molecule has 0 heterocycles. The predicted molar refractivity (Wildman–Crippen MR) is 134 cm³/mol. The summed E-state index contributed by atoms with van der Waals surface area (Å²) in [5, 5.41) is 2.26. The van der Waals surface area contributed by atoms with Crippen molar-refractivity contribution in [3.05, 3.63) is 107 Å². The van der Waals surface area contributed by atoms with Crippen LogP contribution in [-0.4, -0.2) is 36.9 Å². The van der Waals surface area contributed by atoms with Crippen LogP contribution in [0.15, 0.2) is 84.9 Å². The molecule has 4 rings (SSSR count). The molecule has 1 amide bonds. The van der Waals surface area contributed by atoms with Crippen LogP contribution in [0.2, 0.25) is 0 Å². The number of carbonyl (C=O) groups excluding carboxylic acids is 1. The maximum absolute atomic E-state index is 13.1. The lowest BCUT2D eigenvalue weighted by atomic mass is 10.0. The summed E-state index contributed by atoms with van der Waals surface area (Å²) in [5.41, 5.74) is 3.55. The van der Waals surface area contributed by atoms with Crippen LogP contribution in [0.5, 0.6) is 0 Å². The van der Waals surface area contributed by atoms with Crippen molar-refractivity contribution in [2.24, 2.45) is 0 Å². The Morgan fingerprint density at radius 2 is 1.40 bits per heavy atom. The molecule has 0 saturated carbocycles. The van der Waals surface area contributed by atoms with Gasteiger partial charge in [-0.2, -0.15) is 13.2 Å². The van der Waals surface area contributed by atoms with Crippen molar-refractivity contribution in [2.75, 3.05) is 21.1 Å². The summed E-state index contributed by atoms with van der Waals surface area (Å²) in [5.74, 6) is -0.120. The summed E-state index contributed by atoms with van der Waals surface area (Å²) < 4.78 is 38.4. The van der Waals surface area contributed by atoms with Gasteiger partial charge in [-0.25, -0.2) is 0 Å². The Morgan fingerprint density at radius 1 is 0.771 bits per heavy atom.